The van der Waals surface area contributed by atoms with Crippen molar-refractivity contribution in [3.63, 3.8) is 0 Å². The van der Waals surface area contributed by atoms with Crippen LogP contribution in [0.15, 0.2) is 12.1 Å². The van der Waals surface area contributed by atoms with E-state index in [0.717, 1.165) is 38.2 Å². The first kappa shape index (κ1) is 20.6. The van der Waals surface area contributed by atoms with Gasteiger partial charge in [0, 0.05) is 32.2 Å². The van der Waals surface area contributed by atoms with Gasteiger partial charge in [-0.05, 0) is 18.6 Å². The van der Waals surface area contributed by atoms with Crippen LogP contribution in [0.25, 0.3) is 0 Å². The largest absolute Gasteiger partial charge is 0.506 e. The molecule has 1 aliphatic rings. The molecule has 0 amide bonds. The lowest BCUT2D eigenvalue weighted by Crippen LogP contribution is -2.45. The van der Waals surface area contributed by atoms with E-state index in [0.29, 0.717) is 10.8 Å². The van der Waals surface area contributed by atoms with Crippen molar-refractivity contribution < 1.29 is 9.84 Å². The minimum atomic E-state index is 0. The predicted octanol–water partition coefficient (Wildman–Crippen LogP) is 3.25. The topological polar surface area (TPSA) is 44.7 Å². The van der Waals surface area contributed by atoms with Gasteiger partial charge in [-0.1, -0.05) is 18.5 Å². The van der Waals surface area contributed by atoms with E-state index in [1.54, 1.807) is 13.2 Å². The number of phenols is 1. The van der Waals surface area contributed by atoms with Crippen LogP contribution < -0.4 is 10.1 Å². The van der Waals surface area contributed by atoms with Crippen LogP contribution >= 0.6 is 36.4 Å². The molecule has 1 heterocycles. The lowest BCUT2D eigenvalue weighted by molar-refractivity contribution is 0.164. The normalized spacial score (nSPS) is 16.5. The Hall–Kier alpha value is -0.390. The third-order valence-electron chi connectivity index (χ3n) is 3.66. The number of nitrogens with zero attached hydrogens (tertiary/aromatic N) is 1. The number of hydrogen-bond donors (Lipinski definition) is 2. The van der Waals surface area contributed by atoms with Crippen LogP contribution in [-0.2, 0) is 0 Å². The summed E-state index contributed by atoms with van der Waals surface area (Å²) in [7, 11) is 1.62. The average Bonchev–Trinajstić information content (AvgIpc) is 2.45. The van der Waals surface area contributed by atoms with Crippen LogP contribution in [-0.4, -0.2) is 43.3 Å². The fourth-order valence-electron chi connectivity index (χ4n) is 2.70. The molecule has 0 aromatic heterocycles. The average molecular weight is 358 g/mol. The summed E-state index contributed by atoms with van der Waals surface area (Å²) in [5, 5.41) is 14.0. The Bertz CT molecular complexity index is 440. The van der Waals surface area contributed by atoms with Crippen molar-refractivity contribution in [3.8, 4) is 11.5 Å². The molecule has 1 aliphatic heterocycles. The third kappa shape index (κ3) is 4.54. The molecule has 0 radical (unpaired) electrons. The summed E-state index contributed by atoms with van der Waals surface area (Å²) in [5.74, 6) is 0.846. The quantitative estimate of drug-likeness (QED) is 0.868. The highest BCUT2D eigenvalue weighted by Crippen LogP contribution is 2.42. The van der Waals surface area contributed by atoms with Crippen molar-refractivity contribution >= 4 is 36.4 Å². The Labute approximate surface area is 143 Å². The van der Waals surface area contributed by atoms with Gasteiger partial charge in [0.25, 0.3) is 0 Å². The van der Waals surface area contributed by atoms with Crippen molar-refractivity contribution in [1.82, 2.24) is 10.2 Å². The molecular weight excluding hydrogens is 335 g/mol. The molecule has 0 saturated carbocycles. The molecular formula is C14H23Cl3N2O2. The standard InChI is InChI=1S/C14H21ClN2O2.2ClH/c1-3-11(17-8-6-16-7-9-17)13-12(19-2)5-4-10(15)14(13)18;;/h4-5,11,16,18H,3,6-9H2,1-2H3;2*1H/t11-;;/m0../s1. The fraction of sp³-hybridized carbons (Fsp3) is 0.571. The zero-order valence-electron chi connectivity index (χ0n) is 12.3. The van der Waals surface area contributed by atoms with E-state index in [4.69, 9.17) is 16.3 Å². The highest BCUT2D eigenvalue weighted by Gasteiger charge is 2.27. The van der Waals surface area contributed by atoms with Gasteiger partial charge in [-0.15, -0.1) is 24.8 Å². The number of phenolic OH excluding ortho intramolecular Hbond substituents is 1. The van der Waals surface area contributed by atoms with Gasteiger partial charge in [0.1, 0.15) is 11.5 Å². The van der Waals surface area contributed by atoms with Crippen LogP contribution in [0, 0.1) is 0 Å². The molecule has 1 aromatic rings. The molecule has 4 nitrogen and oxygen atoms in total. The number of rotatable bonds is 4. The first-order valence-corrected chi connectivity index (χ1v) is 7.07. The molecule has 1 fully saturated rings. The number of piperazine rings is 1. The van der Waals surface area contributed by atoms with Gasteiger partial charge in [0.2, 0.25) is 0 Å². The number of aromatic hydroxyl groups is 1. The fourth-order valence-corrected chi connectivity index (χ4v) is 2.87. The summed E-state index contributed by atoms with van der Waals surface area (Å²) >= 11 is 6.05. The van der Waals surface area contributed by atoms with Crippen LogP contribution in [0.5, 0.6) is 11.5 Å². The lowest BCUT2D eigenvalue weighted by atomic mass is 9.99. The molecule has 2 N–H and O–H groups in total. The van der Waals surface area contributed by atoms with Gasteiger partial charge in [-0.2, -0.15) is 0 Å². The maximum Gasteiger partial charge on any atom is 0.142 e. The van der Waals surface area contributed by atoms with Crippen molar-refractivity contribution in [2.45, 2.75) is 19.4 Å². The monoisotopic (exact) mass is 356 g/mol. The predicted molar refractivity (Wildman–Crippen MR) is 91.6 cm³/mol. The van der Waals surface area contributed by atoms with Gasteiger partial charge in [-0.3, -0.25) is 4.90 Å². The number of methoxy groups -OCH3 is 1. The Morgan fingerprint density at radius 2 is 1.95 bits per heavy atom. The highest BCUT2D eigenvalue weighted by molar-refractivity contribution is 6.32. The second-order valence-electron chi connectivity index (χ2n) is 4.72. The van der Waals surface area contributed by atoms with Gasteiger partial charge >= 0.3 is 0 Å². The smallest absolute Gasteiger partial charge is 0.142 e. The molecule has 7 heteroatoms. The summed E-state index contributed by atoms with van der Waals surface area (Å²) in [5.41, 5.74) is 0.805. The summed E-state index contributed by atoms with van der Waals surface area (Å²) in [4.78, 5) is 2.37. The minimum Gasteiger partial charge on any atom is -0.506 e. The summed E-state index contributed by atoms with van der Waals surface area (Å²) < 4.78 is 5.39. The minimum absolute atomic E-state index is 0. The summed E-state index contributed by atoms with van der Waals surface area (Å²) in [6, 6.07) is 3.63. The molecule has 1 aromatic carbocycles. The first-order valence-electron chi connectivity index (χ1n) is 6.69. The number of ether oxygens (including phenoxy) is 1. The van der Waals surface area contributed by atoms with Crippen molar-refractivity contribution in [2.24, 2.45) is 0 Å². The molecule has 122 valence electrons. The molecule has 0 aliphatic carbocycles. The first-order chi connectivity index (χ1) is 9.19. The van der Waals surface area contributed by atoms with E-state index in [1.807, 2.05) is 6.07 Å². The van der Waals surface area contributed by atoms with Crippen LogP contribution in [0.4, 0.5) is 0 Å². The van der Waals surface area contributed by atoms with Crippen molar-refractivity contribution in [1.29, 1.82) is 0 Å². The SMILES string of the molecule is CC[C@@H](c1c(OC)ccc(Cl)c1O)N1CCNCC1.Cl.Cl. The second kappa shape index (κ2) is 9.59. The second-order valence-corrected chi connectivity index (χ2v) is 5.13. The highest BCUT2D eigenvalue weighted by atomic mass is 35.5. The van der Waals surface area contributed by atoms with Gasteiger partial charge < -0.3 is 15.2 Å². The van der Waals surface area contributed by atoms with E-state index in [1.165, 1.54) is 0 Å². The van der Waals surface area contributed by atoms with Crippen LogP contribution in [0.3, 0.4) is 0 Å². The van der Waals surface area contributed by atoms with Gasteiger partial charge in [0.05, 0.1) is 17.7 Å². The van der Waals surface area contributed by atoms with Crippen LogP contribution in [0.2, 0.25) is 5.02 Å². The molecule has 1 saturated heterocycles. The van der Waals surface area contributed by atoms with E-state index >= 15 is 0 Å². The maximum absolute atomic E-state index is 10.3. The number of nitrogens with one attached hydrogen (secondary N) is 1. The molecule has 0 bridgehead atoms. The van der Waals surface area contributed by atoms with E-state index in [-0.39, 0.29) is 36.6 Å². The maximum atomic E-state index is 10.3. The number of hydrogen-bond acceptors (Lipinski definition) is 4. The Balaban J connectivity index is 0.00000200. The number of benzene rings is 1. The molecule has 0 spiro atoms. The van der Waals surface area contributed by atoms with E-state index in [2.05, 4.69) is 17.1 Å². The lowest BCUT2D eigenvalue weighted by Gasteiger charge is -2.35. The molecule has 1 atom stereocenters. The third-order valence-corrected chi connectivity index (χ3v) is 3.97. The summed E-state index contributed by atoms with van der Waals surface area (Å²) in [6.45, 7) is 5.99. The zero-order valence-corrected chi connectivity index (χ0v) is 14.7. The van der Waals surface area contributed by atoms with Crippen molar-refractivity contribution in [3.05, 3.63) is 22.7 Å². The Morgan fingerprint density at radius 3 is 2.48 bits per heavy atom. The summed E-state index contributed by atoms with van der Waals surface area (Å²) in [6.07, 6.45) is 0.907. The van der Waals surface area contributed by atoms with Crippen molar-refractivity contribution in [2.75, 3.05) is 33.3 Å². The molecule has 0 unspecified atom stereocenters. The Kier molecular flexibility index (Phi) is 9.41. The number of halogens is 3. The van der Waals surface area contributed by atoms with E-state index in [9.17, 15) is 5.11 Å². The Morgan fingerprint density at radius 1 is 1.33 bits per heavy atom. The van der Waals surface area contributed by atoms with Crippen LogP contribution in [0.1, 0.15) is 24.9 Å². The zero-order chi connectivity index (χ0) is 13.8. The molecule has 21 heavy (non-hydrogen) atoms. The van der Waals surface area contributed by atoms with Gasteiger partial charge in [0.15, 0.2) is 0 Å². The molecule has 2 rings (SSSR count). The van der Waals surface area contributed by atoms with E-state index < -0.39 is 0 Å². The van der Waals surface area contributed by atoms with Gasteiger partial charge in [-0.25, -0.2) is 0 Å².